The van der Waals surface area contributed by atoms with Crippen LogP contribution in [0.1, 0.15) is 6.42 Å². The average Bonchev–Trinajstić information content (AvgIpc) is 1.99. The summed E-state index contributed by atoms with van der Waals surface area (Å²) in [5, 5.41) is 26.8. The maximum Gasteiger partial charge on any atom is 0.111 e. The third kappa shape index (κ3) is 4.69. The lowest BCUT2D eigenvalue weighted by Crippen LogP contribution is -2.22. The zero-order valence-electron chi connectivity index (χ0n) is 5.82. The highest BCUT2D eigenvalue weighted by Crippen LogP contribution is 1.90. The first-order valence-electron chi connectivity index (χ1n) is 3.26. The smallest absolute Gasteiger partial charge is 0.111 e. The molecule has 0 aromatic carbocycles. The Morgan fingerprint density at radius 1 is 1.40 bits per heavy atom. The minimum absolute atomic E-state index is 0.0526. The van der Waals surface area contributed by atoms with Crippen molar-refractivity contribution in [1.29, 1.82) is 0 Å². The quantitative estimate of drug-likeness (QED) is 0.484. The highest BCUT2D eigenvalue weighted by atomic mass is 16.5. The lowest BCUT2D eigenvalue weighted by molar-refractivity contribution is -0.0402. The fourth-order valence-electron chi connectivity index (χ4n) is 0.468. The molecule has 4 heteroatoms. The van der Waals surface area contributed by atoms with E-state index in [4.69, 9.17) is 14.9 Å². The molecule has 0 fully saturated rings. The molecule has 0 aromatic heterocycles. The first-order chi connectivity index (χ1) is 4.85. The second-order valence-corrected chi connectivity index (χ2v) is 1.92. The monoisotopic (exact) mass is 149 g/mol. The van der Waals surface area contributed by atoms with Gasteiger partial charge in [0, 0.05) is 13.2 Å². The summed E-state index contributed by atoms with van der Waals surface area (Å²) in [4.78, 5) is 0. The van der Waals surface area contributed by atoms with Crippen molar-refractivity contribution in [2.75, 3.05) is 26.4 Å². The topological polar surface area (TPSA) is 69.6 Å². The SMILES string of the molecule is [O]CC(CO)OCCCO. The van der Waals surface area contributed by atoms with Crippen molar-refractivity contribution in [1.82, 2.24) is 0 Å². The van der Waals surface area contributed by atoms with Gasteiger partial charge in [-0.1, -0.05) is 0 Å². The van der Waals surface area contributed by atoms with Gasteiger partial charge in [-0.2, -0.15) is 0 Å². The maximum atomic E-state index is 10.1. The van der Waals surface area contributed by atoms with E-state index in [2.05, 4.69) is 0 Å². The van der Waals surface area contributed by atoms with Crippen LogP contribution in [-0.2, 0) is 9.84 Å². The Morgan fingerprint density at radius 3 is 2.50 bits per heavy atom. The number of ether oxygens (including phenoxy) is 1. The molecular weight excluding hydrogens is 136 g/mol. The van der Waals surface area contributed by atoms with E-state index in [-0.39, 0.29) is 13.2 Å². The van der Waals surface area contributed by atoms with Gasteiger partial charge in [0.05, 0.1) is 6.61 Å². The molecule has 0 saturated heterocycles. The van der Waals surface area contributed by atoms with Crippen molar-refractivity contribution < 1.29 is 20.1 Å². The van der Waals surface area contributed by atoms with Crippen LogP contribution in [-0.4, -0.2) is 42.7 Å². The molecule has 2 N–H and O–H groups in total. The minimum Gasteiger partial charge on any atom is -0.396 e. The van der Waals surface area contributed by atoms with Crippen LogP contribution in [0.2, 0.25) is 0 Å². The Labute approximate surface area is 60.1 Å². The molecule has 0 rings (SSSR count). The predicted octanol–water partition coefficient (Wildman–Crippen LogP) is -0.823. The predicted molar refractivity (Wildman–Crippen MR) is 34.1 cm³/mol. The molecule has 4 nitrogen and oxygen atoms in total. The lowest BCUT2D eigenvalue weighted by Gasteiger charge is -2.09. The number of aliphatic hydroxyl groups excluding tert-OH is 2. The van der Waals surface area contributed by atoms with Crippen LogP contribution in [0.15, 0.2) is 0 Å². The van der Waals surface area contributed by atoms with Gasteiger partial charge in [0.25, 0.3) is 0 Å². The van der Waals surface area contributed by atoms with Gasteiger partial charge in [-0.15, -0.1) is 0 Å². The molecule has 61 valence electrons. The van der Waals surface area contributed by atoms with Crippen molar-refractivity contribution in [3.8, 4) is 0 Å². The van der Waals surface area contributed by atoms with Gasteiger partial charge in [-0.25, -0.2) is 5.11 Å². The van der Waals surface area contributed by atoms with Crippen LogP contribution in [0, 0.1) is 0 Å². The van der Waals surface area contributed by atoms with Crippen molar-refractivity contribution in [2.45, 2.75) is 12.5 Å². The average molecular weight is 149 g/mol. The maximum absolute atomic E-state index is 10.1. The number of hydrogen-bond acceptors (Lipinski definition) is 3. The first kappa shape index (κ1) is 9.84. The van der Waals surface area contributed by atoms with E-state index in [1.165, 1.54) is 0 Å². The van der Waals surface area contributed by atoms with Gasteiger partial charge < -0.3 is 14.9 Å². The summed E-state index contributed by atoms with van der Waals surface area (Å²) in [5.41, 5.74) is 0. The highest BCUT2D eigenvalue weighted by Gasteiger charge is 2.04. The van der Waals surface area contributed by atoms with Gasteiger partial charge in [0.2, 0.25) is 0 Å². The number of rotatable bonds is 6. The van der Waals surface area contributed by atoms with E-state index in [0.717, 1.165) is 0 Å². The number of aliphatic hydroxyl groups is 2. The fraction of sp³-hybridized carbons (Fsp3) is 1.00. The molecule has 0 aliphatic heterocycles. The van der Waals surface area contributed by atoms with Gasteiger partial charge in [-0.3, -0.25) is 0 Å². The van der Waals surface area contributed by atoms with Crippen molar-refractivity contribution in [3.63, 3.8) is 0 Å². The van der Waals surface area contributed by atoms with Crippen LogP contribution >= 0.6 is 0 Å². The van der Waals surface area contributed by atoms with Gasteiger partial charge in [0.15, 0.2) is 0 Å². The molecule has 0 aliphatic carbocycles. The molecule has 0 heterocycles. The molecule has 0 aliphatic rings. The van der Waals surface area contributed by atoms with E-state index in [1.54, 1.807) is 0 Å². The van der Waals surface area contributed by atoms with E-state index < -0.39 is 12.7 Å². The Hall–Kier alpha value is -0.160. The molecule has 0 aromatic rings. The molecule has 1 atom stereocenters. The zero-order chi connectivity index (χ0) is 7.82. The molecular formula is C6H13O4. The Morgan fingerprint density at radius 2 is 2.10 bits per heavy atom. The molecule has 10 heavy (non-hydrogen) atoms. The summed E-state index contributed by atoms with van der Waals surface area (Å²) in [5.74, 6) is 0. The highest BCUT2D eigenvalue weighted by molar-refractivity contribution is 4.50. The summed E-state index contributed by atoms with van der Waals surface area (Å²) >= 11 is 0. The molecule has 0 amide bonds. The van der Waals surface area contributed by atoms with Crippen LogP contribution in [0.25, 0.3) is 0 Å². The fourth-order valence-corrected chi connectivity index (χ4v) is 0.468. The standard InChI is InChI=1S/C6H13O4/c7-2-1-3-10-6(4-8)5-9/h6-8H,1-5H2. The van der Waals surface area contributed by atoms with E-state index in [0.29, 0.717) is 13.0 Å². The van der Waals surface area contributed by atoms with E-state index in [9.17, 15) is 5.11 Å². The molecule has 0 spiro atoms. The van der Waals surface area contributed by atoms with Gasteiger partial charge >= 0.3 is 0 Å². The normalized spacial score (nSPS) is 10.8. The Bertz CT molecular complexity index is 62.8. The van der Waals surface area contributed by atoms with Gasteiger partial charge in [0.1, 0.15) is 12.7 Å². The van der Waals surface area contributed by atoms with Crippen molar-refractivity contribution >= 4 is 0 Å². The first-order valence-corrected chi connectivity index (χ1v) is 3.26. The molecule has 0 saturated carbocycles. The summed E-state index contributed by atoms with van der Waals surface area (Å²) in [6, 6.07) is 0. The second kappa shape index (κ2) is 6.95. The zero-order valence-corrected chi connectivity index (χ0v) is 5.82. The minimum atomic E-state index is -0.605. The van der Waals surface area contributed by atoms with Crippen LogP contribution < -0.4 is 0 Å². The second-order valence-electron chi connectivity index (χ2n) is 1.92. The van der Waals surface area contributed by atoms with Crippen LogP contribution in [0.3, 0.4) is 0 Å². The molecule has 1 radical (unpaired) electrons. The Kier molecular flexibility index (Phi) is 6.84. The summed E-state index contributed by atoms with van der Waals surface area (Å²) in [7, 11) is 0. The van der Waals surface area contributed by atoms with Crippen LogP contribution in [0.4, 0.5) is 0 Å². The van der Waals surface area contributed by atoms with Crippen LogP contribution in [0.5, 0.6) is 0 Å². The molecule has 1 unspecified atom stereocenters. The number of hydrogen-bond donors (Lipinski definition) is 2. The summed E-state index contributed by atoms with van der Waals surface area (Å²) < 4.78 is 4.86. The third-order valence-electron chi connectivity index (χ3n) is 1.05. The summed E-state index contributed by atoms with van der Waals surface area (Å²) in [6.45, 7) is -0.280. The lowest BCUT2D eigenvalue weighted by atomic mass is 10.4. The van der Waals surface area contributed by atoms with Crippen molar-refractivity contribution in [3.05, 3.63) is 0 Å². The molecule has 0 bridgehead atoms. The largest absolute Gasteiger partial charge is 0.396 e. The summed E-state index contributed by atoms with van der Waals surface area (Å²) in [6.07, 6.45) is -0.0946. The Balaban J connectivity index is 3.09. The van der Waals surface area contributed by atoms with Crippen molar-refractivity contribution in [2.24, 2.45) is 0 Å². The van der Waals surface area contributed by atoms with E-state index >= 15 is 0 Å². The third-order valence-corrected chi connectivity index (χ3v) is 1.05. The van der Waals surface area contributed by atoms with E-state index in [1.807, 2.05) is 0 Å². The van der Waals surface area contributed by atoms with Gasteiger partial charge in [-0.05, 0) is 6.42 Å².